The monoisotopic (exact) mass is 297 g/mol. The molecule has 5 heteroatoms. The molecule has 0 bridgehead atoms. The molecule has 0 amide bonds. The van der Waals surface area contributed by atoms with Crippen LogP contribution >= 0.6 is 0 Å². The van der Waals surface area contributed by atoms with Crippen LogP contribution in [0.3, 0.4) is 0 Å². The van der Waals surface area contributed by atoms with Crippen LogP contribution in [0.25, 0.3) is 0 Å². The molecule has 0 aromatic heterocycles. The number of sulfonamides is 1. The smallest absolute Gasteiger partial charge is 0.243 e. The molecular formula is C15H23NO3S. The highest BCUT2D eigenvalue weighted by molar-refractivity contribution is 7.89. The topological polar surface area (TPSA) is 57.6 Å². The first-order valence-corrected chi connectivity index (χ1v) is 8.75. The van der Waals surface area contributed by atoms with Gasteiger partial charge < -0.3 is 5.11 Å². The zero-order valence-corrected chi connectivity index (χ0v) is 12.8. The summed E-state index contributed by atoms with van der Waals surface area (Å²) < 4.78 is 27.0. The molecule has 0 saturated heterocycles. The SMILES string of the molecule is CCc1ccc(S(=O)(=O)N(CCCO)C2CCC2)cc1. The third kappa shape index (κ3) is 3.22. The van der Waals surface area contributed by atoms with E-state index in [9.17, 15) is 8.42 Å². The van der Waals surface area contributed by atoms with Crippen LogP contribution in [0.1, 0.15) is 38.2 Å². The zero-order chi connectivity index (χ0) is 14.6. The molecule has 112 valence electrons. The molecule has 0 aliphatic heterocycles. The molecule has 2 rings (SSSR count). The molecule has 1 aliphatic rings. The minimum absolute atomic E-state index is 0.0213. The van der Waals surface area contributed by atoms with Crippen molar-refractivity contribution in [3.8, 4) is 0 Å². The van der Waals surface area contributed by atoms with Crippen LogP contribution < -0.4 is 0 Å². The number of aliphatic hydroxyl groups is 1. The van der Waals surface area contributed by atoms with Crippen molar-refractivity contribution < 1.29 is 13.5 Å². The van der Waals surface area contributed by atoms with Gasteiger partial charge in [-0.05, 0) is 43.4 Å². The zero-order valence-electron chi connectivity index (χ0n) is 12.0. The summed E-state index contributed by atoms with van der Waals surface area (Å²) in [6, 6.07) is 7.24. The fraction of sp³-hybridized carbons (Fsp3) is 0.600. The Bertz CT molecular complexity index is 521. The van der Waals surface area contributed by atoms with Crippen LogP contribution in [0.15, 0.2) is 29.2 Å². The van der Waals surface area contributed by atoms with E-state index in [2.05, 4.69) is 0 Å². The Hall–Kier alpha value is -0.910. The van der Waals surface area contributed by atoms with Gasteiger partial charge >= 0.3 is 0 Å². The molecule has 1 saturated carbocycles. The van der Waals surface area contributed by atoms with Crippen LogP contribution in [-0.2, 0) is 16.4 Å². The van der Waals surface area contributed by atoms with Crippen molar-refractivity contribution >= 4 is 10.0 Å². The lowest BCUT2D eigenvalue weighted by Gasteiger charge is -2.36. The molecule has 20 heavy (non-hydrogen) atoms. The largest absolute Gasteiger partial charge is 0.396 e. The van der Waals surface area contributed by atoms with Gasteiger partial charge in [-0.1, -0.05) is 25.5 Å². The number of aryl methyl sites for hydroxylation is 1. The molecule has 1 aliphatic carbocycles. The standard InChI is InChI=1S/C15H23NO3S/c1-2-13-7-9-15(10-8-13)20(18,19)16(11-4-12-17)14-5-3-6-14/h7-10,14,17H,2-6,11-12H2,1H3. The van der Waals surface area contributed by atoms with Crippen molar-refractivity contribution in [2.24, 2.45) is 0 Å². The van der Waals surface area contributed by atoms with Gasteiger partial charge in [0.2, 0.25) is 10.0 Å². The lowest BCUT2D eigenvalue weighted by Crippen LogP contribution is -2.44. The third-order valence-electron chi connectivity index (χ3n) is 3.96. The molecular weight excluding hydrogens is 274 g/mol. The molecule has 0 atom stereocenters. The van der Waals surface area contributed by atoms with Crippen LogP contribution in [0.2, 0.25) is 0 Å². The second-order valence-electron chi connectivity index (χ2n) is 5.28. The number of benzene rings is 1. The molecule has 0 heterocycles. The van der Waals surface area contributed by atoms with Gasteiger partial charge in [-0.15, -0.1) is 0 Å². The summed E-state index contributed by atoms with van der Waals surface area (Å²) >= 11 is 0. The molecule has 0 radical (unpaired) electrons. The molecule has 1 aromatic carbocycles. The Morgan fingerprint density at radius 2 is 1.90 bits per heavy atom. The quantitative estimate of drug-likeness (QED) is 0.839. The van der Waals surface area contributed by atoms with Gasteiger partial charge in [-0.25, -0.2) is 8.42 Å². The average molecular weight is 297 g/mol. The first-order chi connectivity index (χ1) is 9.59. The molecule has 1 aromatic rings. The Morgan fingerprint density at radius 1 is 1.25 bits per heavy atom. The normalized spacial score (nSPS) is 16.4. The van der Waals surface area contributed by atoms with Gasteiger partial charge in [0.15, 0.2) is 0 Å². The van der Waals surface area contributed by atoms with Gasteiger partial charge in [0.1, 0.15) is 0 Å². The third-order valence-corrected chi connectivity index (χ3v) is 5.92. The Labute approximate surface area is 121 Å². The Kier molecular flexibility index (Phi) is 5.18. The maximum absolute atomic E-state index is 12.7. The minimum Gasteiger partial charge on any atom is -0.396 e. The van der Waals surface area contributed by atoms with E-state index in [0.29, 0.717) is 17.9 Å². The lowest BCUT2D eigenvalue weighted by molar-refractivity contribution is 0.198. The molecule has 4 nitrogen and oxygen atoms in total. The van der Waals surface area contributed by atoms with Crippen LogP contribution in [0.4, 0.5) is 0 Å². The first-order valence-electron chi connectivity index (χ1n) is 7.31. The maximum Gasteiger partial charge on any atom is 0.243 e. The van der Waals surface area contributed by atoms with E-state index in [1.54, 1.807) is 16.4 Å². The molecule has 1 fully saturated rings. The van der Waals surface area contributed by atoms with E-state index >= 15 is 0 Å². The van der Waals surface area contributed by atoms with Crippen molar-refractivity contribution in [3.63, 3.8) is 0 Å². The summed E-state index contributed by atoms with van der Waals surface area (Å²) in [6.45, 7) is 2.47. The van der Waals surface area contributed by atoms with E-state index in [-0.39, 0.29) is 12.6 Å². The van der Waals surface area contributed by atoms with E-state index in [1.165, 1.54) is 0 Å². The summed E-state index contributed by atoms with van der Waals surface area (Å²) in [5.41, 5.74) is 1.13. The van der Waals surface area contributed by atoms with Gasteiger partial charge in [-0.2, -0.15) is 4.31 Å². The van der Waals surface area contributed by atoms with E-state index in [4.69, 9.17) is 5.11 Å². The number of rotatable bonds is 7. The highest BCUT2D eigenvalue weighted by Gasteiger charge is 2.34. The number of nitrogens with zero attached hydrogens (tertiary/aromatic N) is 1. The lowest BCUT2D eigenvalue weighted by atomic mass is 9.93. The van der Waals surface area contributed by atoms with Crippen molar-refractivity contribution in [1.29, 1.82) is 0 Å². The average Bonchev–Trinajstić information content (AvgIpc) is 2.41. The van der Waals surface area contributed by atoms with Crippen molar-refractivity contribution in [2.45, 2.75) is 50.0 Å². The van der Waals surface area contributed by atoms with E-state index < -0.39 is 10.0 Å². The van der Waals surface area contributed by atoms with E-state index in [0.717, 1.165) is 31.2 Å². The van der Waals surface area contributed by atoms with Crippen molar-refractivity contribution in [3.05, 3.63) is 29.8 Å². The molecule has 0 unspecified atom stereocenters. The fourth-order valence-corrected chi connectivity index (χ4v) is 4.16. The van der Waals surface area contributed by atoms with Crippen LogP contribution in [0.5, 0.6) is 0 Å². The summed E-state index contributed by atoms with van der Waals surface area (Å²) in [5, 5.41) is 8.97. The van der Waals surface area contributed by atoms with Gasteiger partial charge in [0, 0.05) is 19.2 Å². The first kappa shape index (κ1) is 15.5. The van der Waals surface area contributed by atoms with Crippen LogP contribution in [0, 0.1) is 0 Å². The van der Waals surface area contributed by atoms with Crippen molar-refractivity contribution in [2.75, 3.05) is 13.2 Å². The second-order valence-corrected chi connectivity index (χ2v) is 7.17. The summed E-state index contributed by atoms with van der Waals surface area (Å²) in [5.74, 6) is 0. The van der Waals surface area contributed by atoms with E-state index in [1.807, 2.05) is 19.1 Å². The van der Waals surface area contributed by atoms with Crippen molar-refractivity contribution in [1.82, 2.24) is 4.31 Å². The predicted molar refractivity (Wildman–Crippen MR) is 79.1 cm³/mol. The minimum atomic E-state index is -3.44. The highest BCUT2D eigenvalue weighted by atomic mass is 32.2. The number of hydrogen-bond acceptors (Lipinski definition) is 3. The van der Waals surface area contributed by atoms with Gasteiger partial charge in [-0.3, -0.25) is 0 Å². The Balaban J connectivity index is 2.23. The maximum atomic E-state index is 12.7. The summed E-state index contributed by atoms with van der Waals surface area (Å²) in [6.07, 6.45) is 4.33. The Morgan fingerprint density at radius 3 is 2.35 bits per heavy atom. The van der Waals surface area contributed by atoms with Crippen LogP contribution in [-0.4, -0.2) is 37.0 Å². The number of hydrogen-bond donors (Lipinski definition) is 1. The van der Waals surface area contributed by atoms with Gasteiger partial charge in [0.05, 0.1) is 4.90 Å². The molecule has 0 spiro atoms. The highest BCUT2D eigenvalue weighted by Crippen LogP contribution is 2.30. The number of aliphatic hydroxyl groups excluding tert-OH is 1. The summed E-state index contributed by atoms with van der Waals surface area (Å²) in [7, 11) is -3.44. The van der Waals surface area contributed by atoms with Gasteiger partial charge in [0.25, 0.3) is 0 Å². The predicted octanol–water partition coefficient (Wildman–Crippen LogP) is 2.17. The second kappa shape index (κ2) is 6.70. The summed E-state index contributed by atoms with van der Waals surface area (Å²) in [4.78, 5) is 0.361. The fourth-order valence-electron chi connectivity index (χ4n) is 2.43. The molecule has 1 N–H and O–H groups in total.